The van der Waals surface area contributed by atoms with Crippen molar-refractivity contribution < 1.29 is 0 Å². The Kier molecular flexibility index (Phi) is 9.17. The second kappa shape index (κ2) is 16.0. The van der Waals surface area contributed by atoms with Gasteiger partial charge in [-0.1, -0.05) is 176 Å². The number of para-hydroxylation sites is 5. The molecule has 0 amide bonds. The number of benzene rings is 11. The van der Waals surface area contributed by atoms with Crippen LogP contribution in [0.2, 0.25) is 0 Å². The molecule has 0 atom stereocenters. The minimum atomic E-state index is 1.10. The lowest BCUT2D eigenvalue weighted by Gasteiger charge is -2.27. The normalized spacial score (nSPS) is 11.6. The first-order valence-corrected chi connectivity index (χ1v) is 23.0. The van der Waals surface area contributed by atoms with Gasteiger partial charge in [0.15, 0.2) is 0 Å². The SMILES string of the molecule is c1ccc(N(c2ccc(-c3ccc(-c4ccc5c6ccccc6n(-c6ccccc6)c5c4)cc3)cc2)c2ccc(-c3ccc4c(c3)c3ccccc3n4-c3ccccc3)c3ccccc23)cc1. The van der Waals surface area contributed by atoms with Gasteiger partial charge in [-0.3, -0.25) is 0 Å². The Balaban J connectivity index is 0.853. The van der Waals surface area contributed by atoms with Gasteiger partial charge >= 0.3 is 0 Å². The van der Waals surface area contributed by atoms with Gasteiger partial charge in [0.1, 0.15) is 0 Å². The predicted octanol–water partition coefficient (Wildman–Crippen LogP) is 17.5. The van der Waals surface area contributed by atoms with Crippen LogP contribution >= 0.6 is 0 Å². The first-order valence-electron chi connectivity index (χ1n) is 23.0. The molecule has 0 aliphatic rings. The Morgan fingerprint density at radius 1 is 0.239 bits per heavy atom. The number of rotatable bonds is 8. The van der Waals surface area contributed by atoms with Crippen molar-refractivity contribution in [2.75, 3.05) is 4.90 Å². The van der Waals surface area contributed by atoms with Crippen LogP contribution in [0.5, 0.6) is 0 Å². The molecule has 0 unspecified atom stereocenters. The quantitative estimate of drug-likeness (QED) is 0.148. The smallest absolute Gasteiger partial charge is 0.0547 e. The highest BCUT2D eigenvalue weighted by atomic mass is 15.1. The van der Waals surface area contributed by atoms with E-state index >= 15 is 0 Å². The van der Waals surface area contributed by atoms with Gasteiger partial charge in [-0.15, -0.1) is 0 Å². The maximum absolute atomic E-state index is 2.39. The molecule has 0 saturated carbocycles. The monoisotopic (exact) mass is 853 g/mol. The molecule has 0 aliphatic heterocycles. The molecule has 2 aromatic heterocycles. The number of nitrogens with zero attached hydrogens (tertiary/aromatic N) is 3. The summed E-state index contributed by atoms with van der Waals surface area (Å²) in [6.45, 7) is 0. The number of hydrogen-bond donors (Lipinski definition) is 0. The van der Waals surface area contributed by atoms with Gasteiger partial charge in [-0.25, -0.2) is 0 Å². The molecule has 0 saturated heterocycles. The highest BCUT2D eigenvalue weighted by Gasteiger charge is 2.20. The number of anilines is 3. The Hall–Kier alpha value is -8.92. The van der Waals surface area contributed by atoms with Crippen molar-refractivity contribution in [3.63, 3.8) is 0 Å². The van der Waals surface area contributed by atoms with Gasteiger partial charge in [0, 0.05) is 49.7 Å². The minimum Gasteiger partial charge on any atom is -0.310 e. The van der Waals surface area contributed by atoms with Crippen LogP contribution in [0.25, 0.3) is 99.1 Å². The Morgan fingerprint density at radius 3 is 1.31 bits per heavy atom. The summed E-state index contributed by atoms with van der Waals surface area (Å²) >= 11 is 0. The van der Waals surface area contributed by atoms with E-state index in [-0.39, 0.29) is 0 Å². The molecule has 13 rings (SSSR count). The summed E-state index contributed by atoms with van der Waals surface area (Å²) < 4.78 is 4.76. The van der Waals surface area contributed by atoms with Crippen LogP contribution in [-0.2, 0) is 0 Å². The number of fused-ring (bicyclic) bond motifs is 7. The van der Waals surface area contributed by atoms with Crippen LogP contribution in [0, 0.1) is 0 Å². The highest BCUT2D eigenvalue weighted by Crippen LogP contribution is 2.44. The lowest BCUT2D eigenvalue weighted by molar-refractivity contribution is 1.18. The van der Waals surface area contributed by atoms with E-state index in [9.17, 15) is 0 Å². The molecule has 67 heavy (non-hydrogen) atoms. The lowest BCUT2D eigenvalue weighted by Crippen LogP contribution is -2.10. The second-order valence-corrected chi connectivity index (χ2v) is 17.3. The van der Waals surface area contributed by atoms with Gasteiger partial charge in [-0.05, 0) is 124 Å². The van der Waals surface area contributed by atoms with Gasteiger partial charge in [-0.2, -0.15) is 0 Å². The molecule has 0 spiro atoms. The van der Waals surface area contributed by atoms with Crippen molar-refractivity contribution in [3.8, 4) is 44.8 Å². The molecule has 0 N–H and O–H groups in total. The average molecular weight is 854 g/mol. The van der Waals surface area contributed by atoms with Crippen LogP contribution in [0.4, 0.5) is 17.1 Å². The maximum atomic E-state index is 2.39. The third-order valence-electron chi connectivity index (χ3n) is 13.5. The van der Waals surface area contributed by atoms with Crippen LogP contribution in [0.1, 0.15) is 0 Å². The first kappa shape index (κ1) is 38.5. The van der Waals surface area contributed by atoms with E-state index in [1.54, 1.807) is 0 Å². The first-order chi connectivity index (χ1) is 33.2. The van der Waals surface area contributed by atoms with Gasteiger partial charge in [0.2, 0.25) is 0 Å². The molecule has 0 radical (unpaired) electrons. The van der Waals surface area contributed by atoms with Crippen LogP contribution < -0.4 is 4.90 Å². The van der Waals surface area contributed by atoms with E-state index in [0.29, 0.717) is 0 Å². The number of hydrogen-bond acceptors (Lipinski definition) is 1. The fourth-order valence-electron chi connectivity index (χ4n) is 10.4. The summed E-state index contributed by atoms with van der Waals surface area (Å²) in [5.74, 6) is 0. The Morgan fingerprint density at radius 2 is 0.672 bits per heavy atom. The molecule has 11 aromatic carbocycles. The van der Waals surface area contributed by atoms with E-state index in [0.717, 1.165) is 22.7 Å². The Labute approximate surface area is 389 Å². The zero-order chi connectivity index (χ0) is 44.3. The highest BCUT2D eigenvalue weighted by molar-refractivity contribution is 6.13. The Bertz CT molecular complexity index is 3940. The predicted molar refractivity (Wildman–Crippen MR) is 284 cm³/mol. The van der Waals surface area contributed by atoms with Crippen molar-refractivity contribution >= 4 is 71.4 Å². The largest absolute Gasteiger partial charge is 0.310 e. The van der Waals surface area contributed by atoms with Gasteiger partial charge in [0.05, 0.1) is 27.8 Å². The third kappa shape index (κ3) is 6.51. The molecule has 3 heteroatoms. The summed E-state index contributed by atoms with van der Waals surface area (Å²) in [4.78, 5) is 2.39. The molecule has 2 heterocycles. The third-order valence-corrected chi connectivity index (χ3v) is 13.5. The molecular formula is C64H43N3. The molecule has 0 bridgehead atoms. The van der Waals surface area contributed by atoms with Crippen LogP contribution in [0.3, 0.4) is 0 Å². The topological polar surface area (TPSA) is 13.1 Å². The molecular weight excluding hydrogens is 811 g/mol. The second-order valence-electron chi connectivity index (χ2n) is 17.3. The van der Waals surface area contributed by atoms with Crippen LogP contribution in [-0.4, -0.2) is 9.13 Å². The van der Waals surface area contributed by atoms with Crippen molar-refractivity contribution in [3.05, 3.63) is 261 Å². The van der Waals surface area contributed by atoms with E-state index < -0.39 is 0 Å². The summed E-state index contributed by atoms with van der Waals surface area (Å²) in [6.07, 6.45) is 0. The maximum Gasteiger partial charge on any atom is 0.0547 e. The fraction of sp³-hybridized carbons (Fsp3) is 0. The molecule has 0 fully saturated rings. The summed E-state index contributed by atoms with van der Waals surface area (Å²) in [5.41, 5.74) is 17.7. The van der Waals surface area contributed by atoms with Gasteiger partial charge in [0.25, 0.3) is 0 Å². The minimum absolute atomic E-state index is 1.10. The summed E-state index contributed by atoms with van der Waals surface area (Å²) in [7, 11) is 0. The standard InChI is InChI=1S/C64H43N3/c1-4-16-49(17-5-1)65(62-41-39-53(54-22-10-11-23-55(54)62)48-35-40-63-59(42-48)57-25-13-15-27-61(57)66(63)50-18-6-2-7-19-50)52-36-32-45(33-37-52)44-28-30-46(31-29-44)47-34-38-58-56-24-12-14-26-60(56)67(64(58)43-47)51-20-8-3-9-21-51/h1-43H. The number of aromatic nitrogens is 2. The zero-order valence-corrected chi connectivity index (χ0v) is 36.7. The van der Waals surface area contributed by atoms with Crippen molar-refractivity contribution in [1.82, 2.24) is 9.13 Å². The summed E-state index contributed by atoms with van der Waals surface area (Å²) in [6, 6.07) is 94.8. The van der Waals surface area contributed by atoms with E-state index in [4.69, 9.17) is 0 Å². The van der Waals surface area contributed by atoms with Gasteiger partial charge < -0.3 is 14.0 Å². The van der Waals surface area contributed by atoms with Crippen molar-refractivity contribution in [1.29, 1.82) is 0 Å². The van der Waals surface area contributed by atoms with Crippen molar-refractivity contribution in [2.24, 2.45) is 0 Å². The zero-order valence-electron chi connectivity index (χ0n) is 36.7. The van der Waals surface area contributed by atoms with E-state index in [2.05, 4.69) is 275 Å². The fourth-order valence-corrected chi connectivity index (χ4v) is 10.4. The lowest BCUT2D eigenvalue weighted by atomic mass is 9.95. The average Bonchev–Trinajstić information content (AvgIpc) is 3.92. The van der Waals surface area contributed by atoms with E-state index in [1.165, 1.54) is 93.5 Å². The molecule has 314 valence electrons. The molecule has 3 nitrogen and oxygen atoms in total. The molecule has 0 aliphatic carbocycles. The molecule has 13 aromatic rings. The summed E-state index contributed by atoms with van der Waals surface area (Å²) in [5, 5.41) is 7.42. The van der Waals surface area contributed by atoms with Crippen LogP contribution in [0.15, 0.2) is 261 Å². The van der Waals surface area contributed by atoms with Crippen molar-refractivity contribution in [2.45, 2.75) is 0 Å². The van der Waals surface area contributed by atoms with E-state index in [1.807, 2.05) is 0 Å².